The Balaban J connectivity index is 2.01. The SMILES string of the molecule is CS(=O)(=O)N(CCNS(=O)(=O)c1ccc(F)cc1)C1CCCCCC1. The molecule has 1 N–H and O–H groups in total. The molecular formula is C16H25FN2O4S2. The summed E-state index contributed by atoms with van der Waals surface area (Å²) in [6, 6.07) is 4.42. The van der Waals surface area contributed by atoms with Crippen molar-refractivity contribution >= 4 is 20.0 Å². The first-order valence-corrected chi connectivity index (χ1v) is 11.8. The van der Waals surface area contributed by atoms with Gasteiger partial charge in [0, 0.05) is 19.1 Å². The first-order chi connectivity index (χ1) is 11.7. The van der Waals surface area contributed by atoms with Crippen LogP contribution in [0, 0.1) is 5.82 Å². The number of sulfonamides is 2. The Hall–Kier alpha value is -1.03. The molecular weight excluding hydrogens is 367 g/mol. The second-order valence-electron chi connectivity index (χ2n) is 6.37. The molecule has 1 aliphatic rings. The van der Waals surface area contributed by atoms with Crippen molar-refractivity contribution in [1.82, 2.24) is 9.03 Å². The lowest BCUT2D eigenvalue weighted by Gasteiger charge is -2.29. The average Bonchev–Trinajstić information content (AvgIpc) is 2.79. The second kappa shape index (κ2) is 8.57. The van der Waals surface area contributed by atoms with E-state index < -0.39 is 25.9 Å². The van der Waals surface area contributed by atoms with Crippen LogP contribution in [0.15, 0.2) is 29.2 Å². The predicted octanol–water partition coefficient (Wildman–Crippen LogP) is 2.09. The van der Waals surface area contributed by atoms with E-state index in [-0.39, 0.29) is 24.0 Å². The van der Waals surface area contributed by atoms with Gasteiger partial charge in [-0.05, 0) is 37.1 Å². The monoisotopic (exact) mass is 392 g/mol. The van der Waals surface area contributed by atoms with Gasteiger partial charge in [0.15, 0.2) is 0 Å². The summed E-state index contributed by atoms with van der Waals surface area (Å²) in [6.45, 7) is 0.0627. The third-order valence-electron chi connectivity index (χ3n) is 4.41. The van der Waals surface area contributed by atoms with E-state index in [1.54, 1.807) is 0 Å². The number of nitrogens with zero attached hydrogens (tertiary/aromatic N) is 1. The first kappa shape index (κ1) is 20.3. The topological polar surface area (TPSA) is 83.6 Å². The van der Waals surface area contributed by atoms with Gasteiger partial charge in [0.2, 0.25) is 20.0 Å². The molecule has 0 unspecified atom stereocenters. The standard InChI is InChI=1S/C16H25FN2O4S2/c1-24(20,21)19(15-6-4-2-3-5-7-15)13-12-18-25(22,23)16-10-8-14(17)9-11-16/h8-11,15,18H,2-7,12-13H2,1H3. The normalized spacial score (nSPS) is 17.6. The minimum Gasteiger partial charge on any atom is -0.212 e. The predicted molar refractivity (Wildman–Crippen MR) is 94.6 cm³/mol. The molecule has 0 spiro atoms. The number of rotatable bonds is 7. The molecule has 1 aromatic carbocycles. The molecule has 1 aliphatic carbocycles. The highest BCUT2D eigenvalue weighted by Crippen LogP contribution is 2.23. The van der Waals surface area contributed by atoms with Crippen molar-refractivity contribution in [3.05, 3.63) is 30.1 Å². The minimum atomic E-state index is -3.79. The third-order valence-corrected chi connectivity index (χ3v) is 7.22. The minimum absolute atomic E-state index is 0.0245. The van der Waals surface area contributed by atoms with Gasteiger partial charge in [0.25, 0.3) is 0 Å². The average molecular weight is 393 g/mol. The lowest BCUT2D eigenvalue weighted by atomic mass is 10.1. The van der Waals surface area contributed by atoms with E-state index in [2.05, 4.69) is 4.72 Å². The van der Waals surface area contributed by atoms with Crippen LogP contribution >= 0.6 is 0 Å². The van der Waals surface area contributed by atoms with Gasteiger partial charge in [0.1, 0.15) is 5.82 Å². The van der Waals surface area contributed by atoms with Crippen LogP contribution < -0.4 is 4.72 Å². The van der Waals surface area contributed by atoms with Crippen molar-refractivity contribution in [1.29, 1.82) is 0 Å². The maximum absolute atomic E-state index is 12.9. The van der Waals surface area contributed by atoms with Gasteiger partial charge in [-0.2, -0.15) is 4.31 Å². The number of nitrogens with one attached hydrogen (secondary N) is 1. The Morgan fingerprint density at radius 2 is 1.60 bits per heavy atom. The maximum Gasteiger partial charge on any atom is 0.240 e. The van der Waals surface area contributed by atoms with Crippen LogP contribution in [-0.2, 0) is 20.0 Å². The molecule has 0 aliphatic heterocycles. The third kappa shape index (κ3) is 6.02. The highest BCUT2D eigenvalue weighted by atomic mass is 32.2. The zero-order chi connectivity index (χ0) is 18.5. The summed E-state index contributed by atoms with van der Waals surface area (Å²) in [6.07, 6.45) is 6.94. The zero-order valence-corrected chi connectivity index (χ0v) is 16.0. The van der Waals surface area contributed by atoms with E-state index in [1.807, 2.05) is 0 Å². The number of benzene rings is 1. The van der Waals surface area contributed by atoms with Gasteiger partial charge in [-0.3, -0.25) is 0 Å². The second-order valence-corrected chi connectivity index (χ2v) is 10.1. The van der Waals surface area contributed by atoms with E-state index in [9.17, 15) is 21.2 Å². The van der Waals surface area contributed by atoms with Gasteiger partial charge in [0.05, 0.1) is 11.2 Å². The number of halogens is 1. The summed E-state index contributed by atoms with van der Waals surface area (Å²) in [5, 5.41) is 0. The summed E-state index contributed by atoms with van der Waals surface area (Å²) in [5.41, 5.74) is 0. The van der Waals surface area contributed by atoms with Crippen LogP contribution in [0.25, 0.3) is 0 Å². The fourth-order valence-electron chi connectivity index (χ4n) is 3.15. The molecule has 2 rings (SSSR count). The van der Waals surface area contributed by atoms with Crippen molar-refractivity contribution < 1.29 is 21.2 Å². The van der Waals surface area contributed by atoms with Gasteiger partial charge in [-0.1, -0.05) is 25.7 Å². The Morgan fingerprint density at radius 3 is 2.12 bits per heavy atom. The number of hydrogen-bond donors (Lipinski definition) is 1. The van der Waals surface area contributed by atoms with Crippen molar-refractivity contribution in [2.45, 2.75) is 49.5 Å². The van der Waals surface area contributed by atoms with Crippen molar-refractivity contribution in [2.75, 3.05) is 19.3 Å². The molecule has 0 radical (unpaired) electrons. The van der Waals surface area contributed by atoms with E-state index >= 15 is 0 Å². The molecule has 0 aromatic heterocycles. The largest absolute Gasteiger partial charge is 0.240 e. The van der Waals surface area contributed by atoms with E-state index in [1.165, 1.54) is 16.4 Å². The van der Waals surface area contributed by atoms with Gasteiger partial charge in [-0.25, -0.2) is 25.9 Å². The Morgan fingerprint density at radius 1 is 1.04 bits per heavy atom. The summed E-state index contributed by atoms with van der Waals surface area (Å²) >= 11 is 0. The molecule has 1 fully saturated rings. The summed E-state index contributed by atoms with van der Waals surface area (Å²) < 4.78 is 65.4. The molecule has 0 saturated heterocycles. The molecule has 142 valence electrons. The molecule has 0 amide bonds. The Kier molecular flexibility index (Phi) is 6.95. The lowest BCUT2D eigenvalue weighted by Crippen LogP contribution is -2.44. The summed E-state index contributed by atoms with van der Waals surface area (Å²) in [5.74, 6) is -0.518. The van der Waals surface area contributed by atoms with Crippen LogP contribution in [0.2, 0.25) is 0 Å². The first-order valence-electron chi connectivity index (χ1n) is 8.42. The van der Waals surface area contributed by atoms with Crippen molar-refractivity contribution in [2.24, 2.45) is 0 Å². The Bertz CT molecular complexity index is 756. The molecule has 25 heavy (non-hydrogen) atoms. The smallest absolute Gasteiger partial charge is 0.212 e. The maximum atomic E-state index is 12.9. The van der Waals surface area contributed by atoms with Crippen LogP contribution in [-0.4, -0.2) is 46.5 Å². The molecule has 9 heteroatoms. The van der Waals surface area contributed by atoms with Gasteiger partial charge in [-0.15, -0.1) is 0 Å². The van der Waals surface area contributed by atoms with Crippen LogP contribution in [0.1, 0.15) is 38.5 Å². The van der Waals surface area contributed by atoms with Crippen LogP contribution in [0.5, 0.6) is 0 Å². The fourth-order valence-corrected chi connectivity index (χ4v) is 5.35. The van der Waals surface area contributed by atoms with E-state index in [0.717, 1.165) is 56.9 Å². The Labute approximate surface area is 149 Å². The number of hydrogen-bond acceptors (Lipinski definition) is 4. The molecule has 0 heterocycles. The lowest BCUT2D eigenvalue weighted by molar-refractivity contribution is 0.297. The quantitative estimate of drug-likeness (QED) is 0.720. The molecule has 1 aromatic rings. The van der Waals surface area contributed by atoms with Crippen LogP contribution in [0.4, 0.5) is 4.39 Å². The molecule has 6 nitrogen and oxygen atoms in total. The van der Waals surface area contributed by atoms with Crippen molar-refractivity contribution in [3.63, 3.8) is 0 Å². The molecule has 0 atom stereocenters. The van der Waals surface area contributed by atoms with Gasteiger partial charge >= 0.3 is 0 Å². The molecule has 0 bridgehead atoms. The zero-order valence-electron chi connectivity index (χ0n) is 14.3. The van der Waals surface area contributed by atoms with Crippen LogP contribution in [0.3, 0.4) is 0 Å². The highest BCUT2D eigenvalue weighted by molar-refractivity contribution is 7.89. The highest BCUT2D eigenvalue weighted by Gasteiger charge is 2.27. The molecule has 1 saturated carbocycles. The summed E-state index contributed by atoms with van der Waals surface area (Å²) in [4.78, 5) is -0.0470. The van der Waals surface area contributed by atoms with Gasteiger partial charge < -0.3 is 0 Å². The fraction of sp³-hybridized carbons (Fsp3) is 0.625. The van der Waals surface area contributed by atoms with E-state index in [0.29, 0.717) is 0 Å². The summed E-state index contributed by atoms with van der Waals surface area (Å²) in [7, 11) is -7.21. The van der Waals surface area contributed by atoms with E-state index in [4.69, 9.17) is 0 Å². The van der Waals surface area contributed by atoms with Crippen molar-refractivity contribution in [3.8, 4) is 0 Å².